The van der Waals surface area contributed by atoms with Crippen LogP contribution in [0.2, 0.25) is 0 Å². The Morgan fingerprint density at radius 2 is 1.44 bits per heavy atom. The van der Waals surface area contributed by atoms with E-state index < -0.39 is 17.5 Å². The lowest BCUT2D eigenvalue weighted by Crippen LogP contribution is -2.45. The number of carbonyl (C=O) groups is 2. The number of rotatable bonds is 5. The first-order valence-electron chi connectivity index (χ1n) is 10.2. The SMILES string of the molecule is Cc1ccc(-c2nnc(CN3C(=O)NC(c4ccccc4)(c4ccccc4)C3=O)o2)cc1. The molecule has 1 aliphatic heterocycles. The van der Waals surface area contributed by atoms with Gasteiger partial charge in [0.2, 0.25) is 11.8 Å². The summed E-state index contributed by atoms with van der Waals surface area (Å²) in [6, 6.07) is 25.6. The van der Waals surface area contributed by atoms with E-state index in [2.05, 4.69) is 15.5 Å². The highest BCUT2D eigenvalue weighted by atomic mass is 16.4. The molecule has 0 bridgehead atoms. The molecule has 7 nitrogen and oxygen atoms in total. The molecule has 0 aliphatic carbocycles. The fourth-order valence-electron chi connectivity index (χ4n) is 3.92. The number of urea groups is 1. The van der Waals surface area contributed by atoms with E-state index in [1.165, 1.54) is 0 Å². The standard InChI is InChI=1S/C25H20N4O3/c1-17-12-14-18(15-13-17)22-28-27-21(32-22)16-29-23(30)25(26-24(29)31,19-8-4-2-5-9-19)20-10-6-3-7-11-20/h2-15H,16H2,1H3,(H,26,31). The summed E-state index contributed by atoms with van der Waals surface area (Å²) in [5.41, 5.74) is 1.93. The number of nitrogens with one attached hydrogen (secondary N) is 1. The highest BCUT2D eigenvalue weighted by Crippen LogP contribution is 2.36. The molecule has 3 aromatic carbocycles. The molecule has 0 spiro atoms. The Hall–Kier alpha value is -4.26. The first kappa shape index (κ1) is 19.7. The van der Waals surface area contributed by atoms with E-state index in [4.69, 9.17) is 4.42 Å². The molecule has 7 heteroatoms. The van der Waals surface area contributed by atoms with Gasteiger partial charge in [-0.05, 0) is 30.2 Å². The molecule has 1 fully saturated rings. The Bertz CT molecular complexity index is 1230. The molecule has 0 radical (unpaired) electrons. The van der Waals surface area contributed by atoms with Gasteiger partial charge in [0.1, 0.15) is 6.54 Å². The number of nitrogens with zero attached hydrogens (tertiary/aromatic N) is 3. The summed E-state index contributed by atoms with van der Waals surface area (Å²) in [7, 11) is 0. The van der Waals surface area contributed by atoms with Crippen LogP contribution < -0.4 is 5.32 Å². The fourth-order valence-corrected chi connectivity index (χ4v) is 3.92. The first-order chi connectivity index (χ1) is 15.6. The van der Waals surface area contributed by atoms with Crippen molar-refractivity contribution in [3.05, 3.63) is 108 Å². The Labute approximate surface area is 184 Å². The molecular formula is C25H20N4O3. The van der Waals surface area contributed by atoms with Crippen molar-refractivity contribution in [1.82, 2.24) is 20.4 Å². The highest BCUT2D eigenvalue weighted by Gasteiger charge is 2.53. The third-order valence-corrected chi connectivity index (χ3v) is 5.58. The largest absolute Gasteiger partial charge is 0.419 e. The van der Waals surface area contributed by atoms with Crippen molar-refractivity contribution in [3.63, 3.8) is 0 Å². The van der Waals surface area contributed by atoms with Crippen LogP contribution in [0.4, 0.5) is 4.79 Å². The lowest BCUT2D eigenvalue weighted by atomic mass is 9.82. The number of carbonyl (C=O) groups excluding carboxylic acids is 2. The smallest absolute Gasteiger partial charge is 0.326 e. The zero-order chi connectivity index (χ0) is 22.1. The fraction of sp³-hybridized carbons (Fsp3) is 0.120. The van der Waals surface area contributed by atoms with Crippen LogP contribution in [0.25, 0.3) is 11.5 Å². The number of benzene rings is 3. The molecule has 4 aromatic rings. The molecule has 32 heavy (non-hydrogen) atoms. The summed E-state index contributed by atoms with van der Waals surface area (Å²) in [5, 5.41) is 11.0. The van der Waals surface area contributed by atoms with Crippen LogP contribution in [-0.2, 0) is 16.9 Å². The second-order valence-electron chi connectivity index (χ2n) is 7.67. The summed E-state index contributed by atoms with van der Waals surface area (Å²) in [6.07, 6.45) is 0. The Morgan fingerprint density at radius 1 is 0.844 bits per heavy atom. The number of imide groups is 1. The van der Waals surface area contributed by atoms with E-state index in [-0.39, 0.29) is 12.4 Å². The molecule has 1 saturated heterocycles. The average Bonchev–Trinajstić information content (AvgIpc) is 3.40. The van der Waals surface area contributed by atoms with Gasteiger partial charge < -0.3 is 9.73 Å². The minimum atomic E-state index is -1.32. The van der Waals surface area contributed by atoms with E-state index in [1.54, 1.807) is 0 Å². The average molecular weight is 424 g/mol. The summed E-state index contributed by atoms with van der Waals surface area (Å²) >= 11 is 0. The van der Waals surface area contributed by atoms with Crippen LogP contribution >= 0.6 is 0 Å². The lowest BCUT2D eigenvalue weighted by Gasteiger charge is -2.27. The minimum Gasteiger partial charge on any atom is -0.419 e. The second kappa shape index (κ2) is 7.77. The first-order valence-corrected chi connectivity index (χ1v) is 10.2. The van der Waals surface area contributed by atoms with Crippen molar-refractivity contribution in [3.8, 4) is 11.5 Å². The van der Waals surface area contributed by atoms with Crippen LogP contribution in [0.3, 0.4) is 0 Å². The monoisotopic (exact) mass is 424 g/mol. The minimum absolute atomic E-state index is 0.120. The number of hydrogen-bond acceptors (Lipinski definition) is 5. The predicted octanol–water partition coefficient (Wildman–Crippen LogP) is 4.04. The van der Waals surface area contributed by atoms with Gasteiger partial charge in [0.25, 0.3) is 5.91 Å². The zero-order valence-electron chi connectivity index (χ0n) is 17.4. The summed E-state index contributed by atoms with van der Waals surface area (Å²) < 4.78 is 5.75. The Morgan fingerprint density at radius 3 is 2.03 bits per heavy atom. The van der Waals surface area contributed by atoms with Gasteiger partial charge in [-0.25, -0.2) is 4.79 Å². The van der Waals surface area contributed by atoms with Gasteiger partial charge in [-0.2, -0.15) is 0 Å². The highest BCUT2D eigenvalue weighted by molar-refractivity contribution is 6.09. The summed E-state index contributed by atoms with van der Waals surface area (Å²) in [5.74, 6) is 0.125. The molecule has 1 N–H and O–H groups in total. The van der Waals surface area contributed by atoms with Crippen molar-refractivity contribution < 1.29 is 14.0 Å². The van der Waals surface area contributed by atoms with Crippen LogP contribution in [0.15, 0.2) is 89.3 Å². The van der Waals surface area contributed by atoms with Gasteiger partial charge in [0.15, 0.2) is 5.54 Å². The Balaban J connectivity index is 1.48. The van der Waals surface area contributed by atoms with Crippen molar-refractivity contribution in [2.24, 2.45) is 0 Å². The second-order valence-corrected chi connectivity index (χ2v) is 7.67. The number of aromatic nitrogens is 2. The third-order valence-electron chi connectivity index (χ3n) is 5.58. The van der Waals surface area contributed by atoms with Crippen LogP contribution in [0.1, 0.15) is 22.6 Å². The molecule has 5 rings (SSSR count). The summed E-state index contributed by atoms with van der Waals surface area (Å²) in [6.45, 7) is 1.87. The molecule has 0 unspecified atom stereocenters. The van der Waals surface area contributed by atoms with Crippen molar-refractivity contribution in [2.45, 2.75) is 19.0 Å². The van der Waals surface area contributed by atoms with Crippen LogP contribution in [0.5, 0.6) is 0 Å². The van der Waals surface area contributed by atoms with Crippen LogP contribution in [0, 0.1) is 6.92 Å². The maximum atomic E-state index is 13.7. The van der Waals surface area contributed by atoms with Gasteiger partial charge in [0, 0.05) is 5.56 Å². The molecule has 3 amide bonds. The molecule has 1 aliphatic rings. The van der Waals surface area contributed by atoms with Crippen LogP contribution in [-0.4, -0.2) is 27.0 Å². The lowest BCUT2D eigenvalue weighted by molar-refractivity contribution is -0.130. The van der Waals surface area contributed by atoms with Gasteiger partial charge in [0.05, 0.1) is 0 Å². The quantitative estimate of drug-likeness (QED) is 0.489. The molecule has 0 saturated carbocycles. The normalized spacial score (nSPS) is 15.1. The molecule has 0 atom stereocenters. The maximum Gasteiger partial charge on any atom is 0.326 e. The molecule has 2 heterocycles. The third kappa shape index (κ3) is 3.24. The Kier molecular flexibility index (Phi) is 4.78. The van der Waals surface area contributed by atoms with E-state index in [0.717, 1.165) is 16.0 Å². The van der Waals surface area contributed by atoms with E-state index in [9.17, 15) is 9.59 Å². The zero-order valence-corrected chi connectivity index (χ0v) is 17.4. The molecular weight excluding hydrogens is 404 g/mol. The molecule has 1 aromatic heterocycles. The predicted molar refractivity (Wildman–Crippen MR) is 117 cm³/mol. The van der Waals surface area contributed by atoms with Crippen molar-refractivity contribution in [1.29, 1.82) is 0 Å². The van der Waals surface area contributed by atoms with E-state index in [1.807, 2.05) is 91.9 Å². The van der Waals surface area contributed by atoms with Gasteiger partial charge >= 0.3 is 6.03 Å². The van der Waals surface area contributed by atoms with E-state index >= 15 is 0 Å². The maximum absolute atomic E-state index is 13.7. The number of hydrogen-bond donors (Lipinski definition) is 1. The molecule has 158 valence electrons. The number of amides is 3. The van der Waals surface area contributed by atoms with Gasteiger partial charge in [-0.1, -0.05) is 78.4 Å². The summed E-state index contributed by atoms with van der Waals surface area (Å²) in [4.78, 5) is 27.8. The van der Waals surface area contributed by atoms with E-state index in [0.29, 0.717) is 17.0 Å². The van der Waals surface area contributed by atoms with Crippen molar-refractivity contribution in [2.75, 3.05) is 0 Å². The topological polar surface area (TPSA) is 88.3 Å². The number of aryl methyl sites for hydroxylation is 1. The van der Waals surface area contributed by atoms with Crippen molar-refractivity contribution >= 4 is 11.9 Å². The van der Waals surface area contributed by atoms with Gasteiger partial charge in [-0.15, -0.1) is 10.2 Å². The van der Waals surface area contributed by atoms with Gasteiger partial charge in [-0.3, -0.25) is 9.69 Å².